The Balaban J connectivity index is 2.45. The molecule has 58 valence electrons. The molecule has 1 saturated heterocycles. The van der Waals surface area contributed by atoms with Crippen LogP contribution in [0.4, 0.5) is 0 Å². The molecule has 2 atom stereocenters. The molecule has 0 amide bonds. The second-order valence-corrected chi connectivity index (χ2v) is 3.66. The van der Waals surface area contributed by atoms with Crippen LogP contribution in [0.3, 0.4) is 0 Å². The normalized spacial score (nSPS) is 38.9. The lowest BCUT2D eigenvalue weighted by atomic mass is 9.81. The summed E-state index contributed by atoms with van der Waals surface area (Å²) in [5.74, 6) is 0.698. The van der Waals surface area contributed by atoms with Crippen LogP contribution in [0.25, 0.3) is 0 Å². The Hall–Kier alpha value is -0.300. The Labute approximate surface area is 63.1 Å². The van der Waals surface area contributed by atoms with Gasteiger partial charge in [-0.05, 0) is 20.3 Å². The van der Waals surface area contributed by atoms with Crippen molar-refractivity contribution in [1.29, 1.82) is 0 Å². The fraction of sp³-hybridized carbons (Fsp3) is 0.778. The lowest BCUT2D eigenvalue weighted by molar-refractivity contribution is -0.184. The third kappa shape index (κ3) is 1.24. The van der Waals surface area contributed by atoms with Gasteiger partial charge in [0.25, 0.3) is 0 Å². The molecule has 1 aliphatic rings. The summed E-state index contributed by atoms with van der Waals surface area (Å²) >= 11 is 0. The quantitative estimate of drug-likeness (QED) is 0.535. The molecule has 0 N–H and O–H groups in total. The lowest BCUT2D eigenvalue weighted by Gasteiger charge is -2.45. The van der Waals surface area contributed by atoms with Gasteiger partial charge in [-0.15, -0.1) is 6.58 Å². The van der Waals surface area contributed by atoms with Gasteiger partial charge in [0.2, 0.25) is 0 Å². The van der Waals surface area contributed by atoms with Crippen molar-refractivity contribution in [3.05, 3.63) is 12.2 Å². The van der Waals surface area contributed by atoms with Crippen LogP contribution in [0.15, 0.2) is 12.2 Å². The third-order valence-corrected chi connectivity index (χ3v) is 2.36. The first-order valence-electron chi connectivity index (χ1n) is 3.83. The third-order valence-electron chi connectivity index (χ3n) is 2.36. The van der Waals surface area contributed by atoms with Crippen LogP contribution in [-0.2, 0) is 4.74 Å². The van der Waals surface area contributed by atoms with E-state index in [2.05, 4.69) is 27.4 Å². The number of rotatable bonds is 2. The van der Waals surface area contributed by atoms with Crippen LogP contribution in [0.5, 0.6) is 0 Å². The standard InChI is InChI=1S/C9H16O/c1-7(2)5-9(4)8(3)6-10-9/h8H,1,5-6H2,2-4H3. The average Bonchev–Trinajstić information content (AvgIpc) is 1.84. The summed E-state index contributed by atoms with van der Waals surface area (Å²) in [7, 11) is 0. The topological polar surface area (TPSA) is 9.23 Å². The molecule has 0 aliphatic carbocycles. The van der Waals surface area contributed by atoms with E-state index < -0.39 is 0 Å². The van der Waals surface area contributed by atoms with E-state index in [0.717, 1.165) is 13.0 Å². The highest BCUT2D eigenvalue weighted by atomic mass is 16.5. The molecule has 0 bridgehead atoms. The van der Waals surface area contributed by atoms with Crippen molar-refractivity contribution in [2.75, 3.05) is 6.61 Å². The molecule has 1 nitrogen and oxygen atoms in total. The van der Waals surface area contributed by atoms with E-state index in [0.29, 0.717) is 5.92 Å². The highest BCUT2D eigenvalue weighted by Gasteiger charge is 2.40. The molecule has 1 heterocycles. The summed E-state index contributed by atoms with van der Waals surface area (Å²) in [5, 5.41) is 0. The van der Waals surface area contributed by atoms with Crippen molar-refractivity contribution in [3.63, 3.8) is 0 Å². The van der Waals surface area contributed by atoms with Crippen molar-refractivity contribution in [2.45, 2.75) is 32.8 Å². The fourth-order valence-electron chi connectivity index (χ4n) is 1.36. The van der Waals surface area contributed by atoms with Crippen molar-refractivity contribution in [1.82, 2.24) is 0 Å². The van der Waals surface area contributed by atoms with E-state index in [1.54, 1.807) is 0 Å². The summed E-state index contributed by atoms with van der Waals surface area (Å²) in [5.41, 5.74) is 1.32. The summed E-state index contributed by atoms with van der Waals surface area (Å²) in [4.78, 5) is 0. The molecule has 1 fully saturated rings. The van der Waals surface area contributed by atoms with Gasteiger partial charge >= 0.3 is 0 Å². The van der Waals surface area contributed by atoms with Gasteiger partial charge in [0.05, 0.1) is 12.2 Å². The van der Waals surface area contributed by atoms with Gasteiger partial charge in [0.1, 0.15) is 0 Å². The number of hydrogen-bond donors (Lipinski definition) is 0. The van der Waals surface area contributed by atoms with Crippen LogP contribution < -0.4 is 0 Å². The molecule has 0 spiro atoms. The number of hydrogen-bond acceptors (Lipinski definition) is 1. The molecule has 2 unspecified atom stereocenters. The molecular weight excluding hydrogens is 124 g/mol. The minimum Gasteiger partial charge on any atom is -0.374 e. The Morgan fingerprint density at radius 3 is 2.50 bits per heavy atom. The molecule has 0 radical (unpaired) electrons. The highest BCUT2D eigenvalue weighted by Crippen LogP contribution is 2.36. The van der Waals surface area contributed by atoms with Crippen LogP contribution in [0.2, 0.25) is 0 Å². The second kappa shape index (κ2) is 2.39. The summed E-state index contributed by atoms with van der Waals surface area (Å²) in [6.07, 6.45) is 1.01. The first kappa shape index (κ1) is 7.80. The zero-order valence-electron chi connectivity index (χ0n) is 7.11. The molecular formula is C9H16O. The minimum absolute atomic E-state index is 0.103. The van der Waals surface area contributed by atoms with Crippen LogP contribution in [0, 0.1) is 5.92 Å². The van der Waals surface area contributed by atoms with Gasteiger partial charge in [0.15, 0.2) is 0 Å². The van der Waals surface area contributed by atoms with Crippen molar-refractivity contribution in [2.24, 2.45) is 5.92 Å². The molecule has 0 aromatic rings. The van der Waals surface area contributed by atoms with E-state index in [4.69, 9.17) is 4.74 Å². The van der Waals surface area contributed by atoms with Crippen LogP contribution in [0.1, 0.15) is 27.2 Å². The fourth-order valence-corrected chi connectivity index (χ4v) is 1.36. The lowest BCUT2D eigenvalue weighted by Crippen LogP contribution is -2.49. The molecule has 0 saturated carbocycles. The van der Waals surface area contributed by atoms with Crippen molar-refractivity contribution in [3.8, 4) is 0 Å². The molecule has 1 aliphatic heterocycles. The van der Waals surface area contributed by atoms with Gasteiger partial charge in [0, 0.05) is 5.92 Å². The maximum atomic E-state index is 5.48. The molecule has 0 aromatic carbocycles. The van der Waals surface area contributed by atoms with E-state index in [-0.39, 0.29) is 5.60 Å². The van der Waals surface area contributed by atoms with E-state index in [9.17, 15) is 0 Å². The van der Waals surface area contributed by atoms with Crippen molar-refractivity contribution < 1.29 is 4.74 Å². The Morgan fingerprint density at radius 1 is 1.80 bits per heavy atom. The second-order valence-electron chi connectivity index (χ2n) is 3.66. The first-order chi connectivity index (χ1) is 4.54. The van der Waals surface area contributed by atoms with Gasteiger partial charge in [-0.3, -0.25) is 0 Å². The first-order valence-corrected chi connectivity index (χ1v) is 3.83. The number of ether oxygens (including phenoxy) is 1. The molecule has 0 aromatic heterocycles. The summed E-state index contributed by atoms with van der Waals surface area (Å²) < 4.78 is 5.48. The van der Waals surface area contributed by atoms with E-state index in [1.807, 2.05) is 0 Å². The maximum absolute atomic E-state index is 5.48. The Morgan fingerprint density at radius 2 is 2.40 bits per heavy atom. The molecule has 10 heavy (non-hydrogen) atoms. The van der Waals surface area contributed by atoms with Crippen molar-refractivity contribution >= 4 is 0 Å². The van der Waals surface area contributed by atoms with E-state index in [1.165, 1.54) is 5.57 Å². The van der Waals surface area contributed by atoms with Gasteiger partial charge in [-0.1, -0.05) is 12.5 Å². The summed E-state index contributed by atoms with van der Waals surface area (Å²) in [6.45, 7) is 11.2. The Kier molecular flexibility index (Phi) is 1.86. The van der Waals surface area contributed by atoms with Gasteiger partial charge in [-0.25, -0.2) is 0 Å². The minimum atomic E-state index is 0.103. The van der Waals surface area contributed by atoms with Gasteiger partial charge < -0.3 is 4.74 Å². The smallest absolute Gasteiger partial charge is 0.0738 e. The molecule has 1 rings (SSSR count). The zero-order chi connectivity index (χ0) is 7.78. The van der Waals surface area contributed by atoms with Crippen LogP contribution >= 0.6 is 0 Å². The summed E-state index contributed by atoms with van der Waals surface area (Å²) in [6, 6.07) is 0. The van der Waals surface area contributed by atoms with E-state index >= 15 is 0 Å². The Bertz CT molecular complexity index is 151. The molecule has 1 heteroatoms. The SMILES string of the molecule is C=C(C)CC1(C)OCC1C. The largest absolute Gasteiger partial charge is 0.374 e. The zero-order valence-corrected chi connectivity index (χ0v) is 7.11. The van der Waals surface area contributed by atoms with Gasteiger partial charge in [-0.2, -0.15) is 0 Å². The monoisotopic (exact) mass is 140 g/mol. The van der Waals surface area contributed by atoms with Crippen LogP contribution in [-0.4, -0.2) is 12.2 Å². The average molecular weight is 140 g/mol. The predicted molar refractivity (Wildman–Crippen MR) is 43.0 cm³/mol. The maximum Gasteiger partial charge on any atom is 0.0738 e. The highest BCUT2D eigenvalue weighted by molar-refractivity contribution is 5.01. The predicted octanol–water partition coefficient (Wildman–Crippen LogP) is 2.38.